The minimum Gasteiger partial charge on any atom is -0.444 e. The average molecular weight is 412 g/mol. The van der Waals surface area contributed by atoms with Crippen molar-refractivity contribution in [3.63, 3.8) is 0 Å². The number of sulfonamides is 1. The van der Waals surface area contributed by atoms with Gasteiger partial charge in [0.25, 0.3) is 5.91 Å². The van der Waals surface area contributed by atoms with Crippen LogP contribution in [0.4, 0.5) is 0 Å². The van der Waals surface area contributed by atoms with Crippen LogP contribution in [-0.4, -0.2) is 32.9 Å². The first-order chi connectivity index (χ1) is 13.9. The summed E-state index contributed by atoms with van der Waals surface area (Å²) in [6.07, 6.45) is 5.78. The van der Waals surface area contributed by atoms with Gasteiger partial charge in [0.05, 0.1) is 17.0 Å². The van der Waals surface area contributed by atoms with Crippen LogP contribution in [0.1, 0.15) is 34.9 Å². The van der Waals surface area contributed by atoms with Crippen molar-refractivity contribution in [3.8, 4) is 12.3 Å². The Morgan fingerprint density at radius 3 is 2.34 bits per heavy atom. The highest BCUT2D eigenvalue weighted by atomic mass is 32.2. The zero-order chi connectivity index (χ0) is 20.9. The minimum atomic E-state index is -3.76. The molecule has 3 rings (SSSR count). The first-order valence-electron chi connectivity index (χ1n) is 9.00. The van der Waals surface area contributed by atoms with Crippen LogP contribution in [0.5, 0.6) is 0 Å². The summed E-state index contributed by atoms with van der Waals surface area (Å²) >= 11 is 0. The number of rotatable bonds is 8. The van der Waals surface area contributed by atoms with Crippen LogP contribution < -0.4 is 10.0 Å². The number of carbonyl (C=O) groups excluding carboxylic acids is 2. The van der Waals surface area contributed by atoms with E-state index in [0.717, 1.165) is 12.8 Å². The Labute approximate surface area is 169 Å². The van der Waals surface area contributed by atoms with E-state index in [9.17, 15) is 18.0 Å². The molecule has 0 bridgehead atoms. The quantitative estimate of drug-likeness (QED) is 0.508. The zero-order valence-corrected chi connectivity index (χ0v) is 16.3. The molecular weight excluding hydrogens is 392 g/mol. The summed E-state index contributed by atoms with van der Waals surface area (Å²) in [7, 11) is -3.76. The minimum absolute atomic E-state index is 0.0321. The molecule has 2 aromatic carbocycles. The van der Waals surface area contributed by atoms with Crippen molar-refractivity contribution in [3.05, 3.63) is 65.7 Å². The summed E-state index contributed by atoms with van der Waals surface area (Å²) in [5.41, 5.74) is 0.678. The molecule has 2 aromatic rings. The molecule has 8 heteroatoms. The Morgan fingerprint density at radius 1 is 1.10 bits per heavy atom. The second-order valence-electron chi connectivity index (χ2n) is 6.53. The van der Waals surface area contributed by atoms with Crippen LogP contribution in [0, 0.1) is 12.3 Å². The van der Waals surface area contributed by atoms with Gasteiger partial charge in [0.1, 0.15) is 0 Å². The van der Waals surface area contributed by atoms with Crippen molar-refractivity contribution in [2.75, 3.05) is 6.54 Å². The van der Waals surface area contributed by atoms with E-state index in [0.29, 0.717) is 5.56 Å². The molecule has 1 amide bonds. The Hall–Kier alpha value is -3.15. The lowest BCUT2D eigenvalue weighted by atomic mass is 10.1. The van der Waals surface area contributed by atoms with Crippen molar-refractivity contribution in [1.29, 1.82) is 0 Å². The molecule has 0 heterocycles. The standard InChI is InChI=1S/C21H20N2O5S/c1-2-14-22-29(26,27)18-12-8-16(9-13-18)21(25)28-19(15-6-4-3-5-7-15)20(24)23-17-10-11-17/h1,3-9,12-13,17,19,22H,10-11,14H2,(H,23,24). The number of hydrogen-bond donors (Lipinski definition) is 2. The molecule has 1 aliphatic rings. The third kappa shape index (κ3) is 5.44. The topological polar surface area (TPSA) is 102 Å². The number of benzene rings is 2. The fraction of sp³-hybridized carbons (Fsp3) is 0.238. The lowest BCUT2D eigenvalue weighted by molar-refractivity contribution is -0.130. The van der Waals surface area contributed by atoms with Crippen LogP contribution in [-0.2, 0) is 19.6 Å². The third-order valence-corrected chi connectivity index (χ3v) is 5.67. The highest BCUT2D eigenvalue weighted by Crippen LogP contribution is 2.24. The number of terminal acetylenes is 1. The molecule has 0 aliphatic heterocycles. The summed E-state index contributed by atoms with van der Waals surface area (Å²) in [5, 5.41) is 2.84. The lowest BCUT2D eigenvalue weighted by Crippen LogP contribution is -2.33. The molecule has 0 spiro atoms. The molecule has 0 saturated heterocycles. The van der Waals surface area contributed by atoms with Gasteiger partial charge in [-0.05, 0) is 37.1 Å². The van der Waals surface area contributed by atoms with Gasteiger partial charge in [-0.1, -0.05) is 36.3 Å². The Kier molecular flexibility index (Phi) is 6.32. The number of ether oxygens (including phenoxy) is 1. The van der Waals surface area contributed by atoms with Crippen LogP contribution in [0.15, 0.2) is 59.5 Å². The Bertz CT molecular complexity index is 1020. The predicted molar refractivity (Wildman–Crippen MR) is 106 cm³/mol. The molecule has 1 fully saturated rings. The summed E-state index contributed by atoms with van der Waals surface area (Å²) in [6.45, 7) is -0.138. The highest BCUT2D eigenvalue weighted by Gasteiger charge is 2.31. The fourth-order valence-corrected chi connectivity index (χ4v) is 3.50. The maximum absolute atomic E-state index is 12.6. The van der Waals surface area contributed by atoms with Gasteiger partial charge in [0, 0.05) is 11.6 Å². The number of esters is 1. The van der Waals surface area contributed by atoms with Gasteiger partial charge in [-0.25, -0.2) is 13.2 Å². The van der Waals surface area contributed by atoms with Gasteiger partial charge < -0.3 is 10.1 Å². The maximum atomic E-state index is 12.6. The van der Waals surface area contributed by atoms with E-state index < -0.39 is 22.1 Å². The van der Waals surface area contributed by atoms with Crippen LogP contribution in [0.25, 0.3) is 0 Å². The monoisotopic (exact) mass is 412 g/mol. The Morgan fingerprint density at radius 2 is 1.76 bits per heavy atom. The summed E-state index contributed by atoms with van der Waals surface area (Å²) < 4.78 is 31.8. The molecule has 1 saturated carbocycles. The van der Waals surface area contributed by atoms with Crippen LogP contribution in [0.3, 0.4) is 0 Å². The third-order valence-electron chi connectivity index (χ3n) is 4.25. The van der Waals surface area contributed by atoms with Crippen molar-refractivity contribution in [2.45, 2.75) is 29.9 Å². The summed E-state index contributed by atoms with van der Waals surface area (Å²) in [6, 6.07) is 14.0. The predicted octanol–water partition coefficient (Wildman–Crippen LogP) is 1.77. The van der Waals surface area contributed by atoms with E-state index in [-0.39, 0.29) is 29.0 Å². The van der Waals surface area contributed by atoms with E-state index in [1.807, 2.05) is 0 Å². The van der Waals surface area contributed by atoms with Crippen molar-refractivity contribution in [2.24, 2.45) is 0 Å². The molecule has 7 nitrogen and oxygen atoms in total. The number of carbonyl (C=O) groups is 2. The number of hydrogen-bond acceptors (Lipinski definition) is 5. The van der Waals surface area contributed by atoms with Crippen molar-refractivity contribution >= 4 is 21.9 Å². The van der Waals surface area contributed by atoms with E-state index in [2.05, 4.69) is 16.0 Å². The van der Waals surface area contributed by atoms with E-state index in [1.165, 1.54) is 24.3 Å². The van der Waals surface area contributed by atoms with E-state index in [4.69, 9.17) is 11.2 Å². The zero-order valence-electron chi connectivity index (χ0n) is 15.5. The van der Waals surface area contributed by atoms with Crippen LogP contribution >= 0.6 is 0 Å². The normalized spacial score (nSPS) is 14.4. The summed E-state index contributed by atoms with van der Waals surface area (Å²) in [5.74, 6) is 1.07. The molecule has 0 aromatic heterocycles. The summed E-state index contributed by atoms with van der Waals surface area (Å²) in [4.78, 5) is 25.1. The first-order valence-corrected chi connectivity index (χ1v) is 10.5. The lowest BCUT2D eigenvalue weighted by Gasteiger charge is -2.18. The molecule has 1 atom stereocenters. The molecular formula is C21H20N2O5S. The smallest absolute Gasteiger partial charge is 0.339 e. The SMILES string of the molecule is C#CCNS(=O)(=O)c1ccc(C(=O)OC(C(=O)NC2CC2)c2ccccc2)cc1. The number of amides is 1. The highest BCUT2D eigenvalue weighted by molar-refractivity contribution is 7.89. The van der Waals surface area contributed by atoms with E-state index in [1.54, 1.807) is 30.3 Å². The van der Waals surface area contributed by atoms with Crippen molar-refractivity contribution in [1.82, 2.24) is 10.0 Å². The molecule has 1 unspecified atom stereocenters. The van der Waals surface area contributed by atoms with Crippen molar-refractivity contribution < 1.29 is 22.7 Å². The van der Waals surface area contributed by atoms with Gasteiger partial charge in [-0.2, -0.15) is 4.72 Å². The van der Waals surface area contributed by atoms with Gasteiger partial charge >= 0.3 is 5.97 Å². The molecule has 2 N–H and O–H groups in total. The fourth-order valence-electron chi connectivity index (χ4n) is 2.57. The average Bonchev–Trinajstić information content (AvgIpc) is 3.55. The molecule has 0 radical (unpaired) electrons. The van der Waals surface area contributed by atoms with Gasteiger partial charge in [-0.15, -0.1) is 6.42 Å². The maximum Gasteiger partial charge on any atom is 0.339 e. The Balaban J connectivity index is 1.75. The van der Waals surface area contributed by atoms with E-state index >= 15 is 0 Å². The second kappa shape index (κ2) is 8.90. The van der Waals surface area contributed by atoms with Crippen LogP contribution in [0.2, 0.25) is 0 Å². The molecule has 1 aliphatic carbocycles. The molecule has 29 heavy (non-hydrogen) atoms. The van der Waals surface area contributed by atoms with Gasteiger partial charge in [0.15, 0.2) is 0 Å². The molecule has 150 valence electrons. The van der Waals surface area contributed by atoms with Gasteiger partial charge in [0.2, 0.25) is 16.1 Å². The number of nitrogens with one attached hydrogen (secondary N) is 2. The second-order valence-corrected chi connectivity index (χ2v) is 8.30. The largest absolute Gasteiger partial charge is 0.444 e. The van der Waals surface area contributed by atoms with Gasteiger partial charge in [-0.3, -0.25) is 4.79 Å². The first kappa shape index (κ1) is 20.6.